The van der Waals surface area contributed by atoms with E-state index in [1.54, 1.807) is 0 Å². The maximum atomic E-state index is 11.9. The number of nitrogens with zero attached hydrogens (tertiary/aromatic N) is 1. The molecular formula is C12H22N2O8. The van der Waals surface area contributed by atoms with Gasteiger partial charge >= 0.3 is 5.97 Å². The van der Waals surface area contributed by atoms with Crippen LogP contribution in [0.15, 0.2) is 0 Å². The first kappa shape index (κ1) is 20.4. The third-order valence-electron chi connectivity index (χ3n) is 2.92. The van der Waals surface area contributed by atoms with Crippen LogP contribution in [-0.4, -0.2) is 86.2 Å². The fraction of sp³-hybridized carbons (Fsp3) is 0.750. The molecule has 3 atom stereocenters. The van der Waals surface area contributed by atoms with Crippen molar-refractivity contribution >= 4 is 17.8 Å². The first-order valence-corrected chi connectivity index (χ1v) is 6.69. The smallest absolute Gasteiger partial charge is 0.326 e. The summed E-state index contributed by atoms with van der Waals surface area (Å²) in [6.45, 7) is -1.76. The number of carboxylic acids is 1. The van der Waals surface area contributed by atoms with Gasteiger partial charge in [-0.15, -0.1) is 0 Å². The zero-order valence-corrected chi connectivity index (χ0v) is 12.0. The van der Waals surface area contributed by atoms with Gasteiger partial charge in [0, 0.05) is 0 Å². The molecule has 0 saturated carbocycles. The van der Waals surface area contributed by atoms with E-state index in [9.17, 15) is 29.7 Å². The number of amides is 2. The van der Waals surface area contributed by atoms with Crippen LogP contribution in [0.5, 0.6) is 0 Å². The Bertz CT molecular complexity index is 367. The summed E-state index contributed by atoms with van der Waals surface area (Å²) in [7, 11) is 0. The van der Waals surface area contributed by atoms with E-state index in [1.807, 2.05) is 0 Å². The first-order valence-electron chi connectivity index (χ1n) is 6.69. The number of aliphatic carboxylic acids is 1. The lowest BCUT2D eigenvalue weighted by atomic mass is 10.1. The van der Waals surface area contributed by atoms with E-state index in [0.29, 0.717) is 6.42 Å². The molecule has 7 N–H and O–H groups in total. The summed E-state index contributed by atoms with van der Waals surface area (Å²) >= 11 is 0. The van der Waals surface area contributed by atoms with Crippen LogP contribution < -0.4 is 5.73 Å². The number of aliphatic hydroxyl groups is 4. The van der Waals surface area contributed by atoms with Crippen LogP contribution in [-0.2, 0) is 14.4 Å². The van der Waals surface area contributed by atoms with Crippen molar-refractivity contribution in [2.24, 2.45) is 5.73 Å². The van der Waals surface area contributed by atoms with Crippen molar-refractivity contribution in [1.82, 2.24) is 4.90 Å². The van der Waals surface area contributed by atoms with Gasteiger partial charge in [0.05, 0.1) is 13.2 Å². The molecule has 3 unspecified atom stereocenters. The van der Waals surface area contributed by atoms with Crippen LogP contribution in [0.3, 0.4) is 0 Å². The zero-order chi connectivity index (χ0) is 17.3. The minimum Gasteiger partial charge on any atom is -0.480 e. The monoisotopic (exact) mass is 322 g/mol. The summed E-state index contributed by atoms with van der Waals surface area (Å²) in [5, 5.41) is 45.5. The van der Waals surface area contributed by atoms with Crippen LogP contribution in [0.1, 0.15) is 19.3 Å². The molecule has 2 amide bonds. The third-order valence-corrected chi connectivity index (χ3v) is 2.92. The Morgan fingerprint density at radius 1 is 0.955 bits per heavy atom. The summed E-state index contributed by atoms with van der Waals surface area (Å²) in [4.78, 5) is 35.3. The number of aliphatic hydroxyl groups excluding tert-OH is 4. The van der Waals surface area contributed by atoms with Crippen molar-refractivity contribution in [2.45, 2.75) is 37.5 Å². The Morgan fingerprint density at radius 2 is 1.41 bits per heavy atom. The average molecular weight is 322 g/mol. The molecule has 0 aliphatic rings. The number of rotatable bonds is 10. The molecule has 0 aliphatic carbocycles. The highest BCUT2D eigenvalue weighted by atomic mass is 16.4. The summed E-state index contributed by atoms with van der Waals surface area (Å²) in [6, 6.07) is -1.64. The van der Waals surface area contributed by atoms with Gasteiger partial charge in [-0.1, -0.05) is 0 Å². The second-order valence-corrected chi connectivity index (χ2v) is 4.58. The second kappa shape index (κ2) is 10.2. The first-order chi connectivity index (χ1) is 10.3. The molecule has 128 valence electrons. The van der Waals surface area contributed by atoms with Gasteiger partial charge in [-0.3, -0.25) is 14.5 Å². The predicted octanol–water partition coefficient (Wildman–Crippen LogP) is -3.37. The van der Waals surface area contributed by atoms with Crippen LogP contribution in [0.4, 0.5) is 0 Å². The van der Waals surface area contributed by atoms with E-state index in [4.69, 9.17) is 15.9 Å². The summed E-state index contributed by atoms with van der Waals surface area (Å²) in [5.74, 6) is -4.24. The predicted molar refractivity (Wildman–Crippen MR) is 72.4 cm³/mol. The van der Waals surface area contributed by atoms with Gasteiger partial charge < -0.3 is 31.3 Å². The number of carbonyl (C=O) groups excluding carboxylic acids is 2. The quantitative estimate of drug-likeness (QED) is 0.224. The van der Waals surface area contributed by atoms with Gasteiger partial charge in [0.25, 0.3) is 11.8 Å². The number of hydrogen-bond acceptors (Lipinski definition) is 8. The topological polar surface area (TPSA) is 182 Å². The number of hydrogen-bond donors (Lipinski definition) is 6. The van der Waals surface area contributed by atoms with E-state index in [2.05, 4.69) is 0 Å². The van der Waals surface area contributed by atoms with E-state index < -0.39 is 49.2 Å². The van der Waals surface area contributed by atoms with Gasteiger partial charge in [0.1, 0.15) is 6.04 Å². The Hall–Kier alpha value is -1.59. The van der Waals surface area contributed by atoms with E-state index in [0.717, 1.165) is 0 Å². The summed E-state index contributed by atoms with van der Waals surface area (Å²) in [6.07, 6.45) is -3.42. The molecule has 0 heterocycles. The Labute approximate surface area is 126 Å². The van der Waals surface area contributed by atoms with Crippen LogP contribution in [0, 0.1) is 0 Å². The lowest BCUT2D eigenvalue weighted by Crippen LogP contribution is -2.56. The molecule has 10 nitrogen and oxygen atoms in total. The maximum absolute atomic E-state index is 11.9. The van der Waals surface area contributed by atoms with Gasteiger partial charge in [0.15, 0.2) is 12.2 Å². The molecule has 22 heavy (non-hydrogen) atoms. The minimum absolute atomic E-state index is 0.139. The molecule has 0 bridgehead atoms. The summed E-state index contributed by atoms with van der Waals surface area (Å²) < 4.78 is 0. The SMILES string of the molecule is NCCCCC(C(=O)O)N(C(=O)C(O)CO)C(=O)C(O)CO. The number of carbonyl (C=O) groups is 3. The fourth-order valence-corrected chi connectivity index (χ4v) is 1.74. The molecule has 0 spiro atoms. The lowest BCUT2D eigenvalue weighted by Gasteiger charge is -2.30. The molecule has 0 aromatic heterocycles. The molecule has 0 saturated heterocycles. The highest BCUT2D eigenvalue weighted by molar-refractivity contribution is 6.02. The van der Waals surface area contributed by atoms with Crippen LogP contribution >= 0.6 is 0 Å². The van der Waals surface area contributed by atoms with Crippen molar-refractivity contribution in [3.8, 4) is 0 Å². The highest BCUT2D eigenvalue weighted by Gasteiger charge is 2.39. The highest BCUT2D eigenvalue weighted by Crippen LogP contribution is 2.13. The Kier molecular flexibility index (Phi) is 9.45. The van der Waals surface area contributed by atoms with Gasteiger partial charge in [-0.2, -0.15) is 0 Å². The van der Waals surface area contributed by atoms with E-state index in [1.165, 1.54) is 0 Å². The summed E-state index contributed by atoms with van der Waals surface area (Å²) in [5.41, 5.74) is 5.29. The lowest BCUT2D eigenvalue weighted by molar-refractivity contribution is -0.167. The van der Waals surface area contributed by atoms with Crippen LogP contribution in [0.2, 0.25) is 0 Å². The fourth-order valence-electron chi connectivity index (χ4n) is 1.74. The second-order valence-electron chi connectivity index (χ2n) is 4.58. The number of carboxylic acid groups (broad SMARTS) is 1. The van der Waals surface area contributed by atoms with Crippen molar-refractivity contribution in [3.63, 3.8) is 0 Å². The standard InChI is InChI=1S/C12H22N2O8/c13-4-2-1-3-7(12(21)22)14(10(19)8(17)5-15)11(20)9(18)6-16/h7-9,15-18H,1-6,13H2,(H,21,22). The Morgan fingerprint density at radius 3 is 1.73 bits per heavy atom. The van der Waals surface area contributed by atoms with Crippen molar-refractivity contribution in [1.29, 1.82) is 0 Å². The normalized spacial score (nSPS) is 15.0. The van der Waals surface area contributed by atoms with Gasteiger partial charge in [-0.25, -0.2) is 4.79 Å². The van der Waals surface area contributed by atoms with Gasteiger partial charge in [-0.05, 0) is 25.8 Å². The van der Waals surface area contributed by atoms with Crippen molar-refractivity contribution < 1.29 is 39.9 Å². The number of nitrogens with two attached hydrogens (primary N) is 1. The number of unbranched alkanes of at least 4 members (excludes halogenated alkanes) is 1. The molecule has 0 aromatic rings. The van der Waals surface area contributed by atoms with E-state index >= 15 is 0 Å². The molecule has 0 radical (unpaired) electrons. The minimum atomic E-state index is -2.01. The van der Waals surface area contributed by atoms with E-state index in [-0.39, 0.29) is 24.3 Å². The zero-order valence-electron chi connectivity index (χ0n) is 12.0. The molecule has 0 aliphatic heterocycles. The molecular weight excluding hydrogens is 300 g/mol. The molecule has 0 rings (SSSR count). The number of imide groups is 1. The average Bonchev–Trinajstić information content (AvgIpc) is 2.51. The maximum Gasteiger partial charge on any atom is 0.326 e. The third kappa shape index (κ3) is 5.66. The van der Waals surface area contributed by atoms with Crippen LogP contribution in [0.25, 0.3) is 0 Å². The van der Waals surface area contributed by atoms with Crippen molar-refractivity contribution in [3.05, 3.63) is 0 Å². The molecule has 10 heteroatoms. The molecule has 0 aromatic carbocycles. The Balaban J connectivity index is 5.43. The largest absolute Gasteiger partial charge is 0.480 e. The van der Waals surface area contributed by atoms with Crippen molar-refractivity contribution in [2.75, 3.05) is 19.8 Å². The van der Waals surface area contributed by atoms with Gasteiger partial charge in [0.2, 0.25) is 0 Å². The molecule has 0 fully saturated rings.